The number of allylic oxidation sites excluding steroid dienone is 4. The first kappa shape index (κ1) is 78.7. The number of alkyl halides is 2. The Labute approximate surface area is 635 Å². The van der Waals surface area contributed by atoms with E-state index in [4.69, 9.17) is 27.9 Å². The molecule has 0 amide bonds. The van der Waals surface area contributed by atoms with E-state index in [2.05, 4.69) is 105 Å². The lowest BCUT2D eigenvalue weighted by atomic mass is 9.84. The molecule has 9 nitrogen and oxygen atoms in total. The van der Waals surface area contributed by atoms with Gasteiger partial charge in [-0.3, -0.25) is 0 Å². The lowest BCUT2D eigenvalue weighted by Gasteiger charge is -2.20. The van der Waals surface area contributed by atoms with E-state index in [0.717, 1.165) is 103 Å². The number of nitrogens with zero attached hydrogens (tertiary/aromatic N) is 1. The SMILES string of the molecule is CC(C)/C(=C(\c1ccc(O)cc1)c1ccc(OCCN(C)C)cc1)c1ccccc1.CC(C)C(=C(c1ccc(O)cc1)c1ccc(O)cc1)c1ccccc1.Oc1ccc(C(=C(CCCCl)c2ccccc2)c2ccc(O)cc2)cc1.Oc1ccc(C(=C(CCCl)c2ccccc2)c2ccc(O)cc2)cc1. The van der Waals surface area contributed by atoms with Gasteiger partial charge in [-0.25, -0.2) is 0 Å². The van der Waals surface area contributed by atoms with Crippen LogP contribution in [0.1, 0.15) is 114 Å². The van der Waals surface area contributed by atoms with Gasteiger partial charge in [-0.1, -0.05) is 246 Å². The zero-order chi connectivity index (χ0) is 75.3. The van der Waals surface area contributed by atoms with Gasteiger partial charge in [0.15, 0.2) is 0 Å². The molecule has 0 bridgehead atoms. The lowest BCUT2D eigenvalue weighted by Crippen LogP contribution is -2.19. The molecule has 0 aliphatic carbocycles. The van der Waals surface area contributed by atoms with E-state index in [1.54, 1.807) is 84.9 Å². The Bertz CT molecular complexity index is 4630. The van der Waals surface area contributed by atoms with Gasteiger partial charge in [-0.05, 0) is 254 Å². The summed E-state index contributed by atoms with van der Waals surface area (Å²) in [6, 6.07) is 100. The van der Waals surface area contributed by atoms with Gasteiger partial charge in [0.2, 0.25) is 0 Å². The number of hydrogen-bond donors (Lipinski definition) is 7. The van der Waals surface area contributed by atoms with E-state index in [0.29, 0.717) is 36.6 Å². The number of halogens is 2. The molecule has 7 N–H and O–H groups in total. The van der Waals surface area contributed by atoms with Crippen molar-refractivity contribution >= 4 is 67.8 Å². The summed E-state index contributed by atoms with van der Waals surface area (Å²) in [5.74, 6) is 4.30. The van der Waals surface area contributed by atoms with E-state index < -0.39 is 0 Å². The molecule has 0 saturated carbocycles. The predicted octanol–water partition coefficient (Wildman–Crippen LogP) is 23.4. The fraction of sp³-hybridized carbons (Fsp3) is 0.158. The van der Waals surface area contributed by atoms with Crippen molar-refractivity contribution in [2.24, 2.45) is 11.8 Å². The Balaban J connectivity index is 0.000000164. The summed E-state index contributed by atoms with van der Waals surface area (Å²) in [4.78, 5) is 2.11. The highest BCUT2D eigenvalue weighted by Gasteiger charge is 2.21. The number of phenols is 7. The largest absolute Gasteiger partial charge is 0.508 e. The van der Waals surface area contributed by atoms with Crippen molar-refractivity contribution in [2.75, 3.05) is 39.0 Å². The molecule has 0 atom stereocenters. The highest BCUT2D eigenvalue weighted by atomic mass is 35.5. The van der Waals surface area contributed by atoms with Crippen molar-refractivity contribution in [1.82, 2.24) is 4.90 Å². The monoisotopic (exact) mass is 1450 g/mol. The highest BCUT2D eigenvalue weighted by molar-refractivity contribution is 6.19. The Kier molecular flexibility index (Phi) is 29.7. The van der Waals surface area contributed by atoms with Crippen LogP contribution in [0, 0.1) is 11.8 Å². The van der Waals surface area contributed by atoms with Crippen LogP contribution in [0.3, 0.4) is 0 Å². The van der Waals surface area contributed by atoms with Crippen molar-refractivity contribution in [1.29, 1.82) is 0 Å². The molecule has 12 aromatic rings. The molecular weight excluding hydrogens is 1350 g/mol. The van der Waals surface area contributed by atoms with Crippen LogP contribution < -0.4 is 4.74 Å². The molecule has 0 radical (unpaired) electrons. The van der Waals surface area contributed by atoms with Gasteiger partial charge in [-0.2, -0.15) is 0 Å². The standard InChI is InChI=1S/C27H31NO2.C23H21ClO2.C23H22O2.C22H19ClO2/c1-20(2)26(21-8-6-5-7-9-21)27(22-10-14-24(29)15-11-22)23-12-16-25(17-13-23)30-19-18-28(3)4;24-16-4-7-22(17-5-2-1-3-6-17)23(18-8-12-20(25)13-9-18)19-10-14-21(26)15-11-19;1-16(2)22(17-6-4-3-5-7-17)23(18-8-12-20(24)13-9-18)19-10-14-21(25)15-11-19;23-15-14-21(16-4-2-1-3-5-16)22(17-6-10-19(24)11-7-17)18-8-12-20(25)13-9-18/h5-17,20,29H,18-19H2,1-4H3;1-3,5-6,8-15,25-26H,4,7,16H2;3-16,24-25H,1-2H3;1-13,24-25H,14-15H2/b27-26-;;;. The van der Waals surface area contributed by atoms with Crippen LogP contribution in [-0.2, 0) is 0 Å². The second-order valence-electron chi connectivity index (χ2n) is 26.3. The molecule has 0 aliphatic heterocycles. The highest BCUT2D eigenvalue weighted by Crippen LogP contribution is 2.42. The fourth-order valence-electron chi connectivity index (χ4n) is 12.7. The Hall–Kier alpha value is -11.5. The van der Waals surface area contributed by atoms with Crippen LogP contribution in [0.25, 0.3) is 44.6 Å². The minimum absolute atomic E-state index is 0.229. The number of aromatic hydroxyl groups is 7. The van der Waals surface area contributed by atoms with Crippen molar-refractivity contribution in [2.45, 2.75) is 47.0 Å². The summed E-state index contributed by atoms with van der Waals surface area (Å²) in [5, 5.41) is 67.7. The summed E-state index contributed by atoms with van der Waals surface area (Å²) in [6.07, 6.45) is 2.42. The molecule has 540 valence electrons. The number of rotatable bonds is 23. The average Bonchev–Trinajstić information content (AvgIpc) is 0.825. The Morgan fingerprint density at radius 1 is 0.283 bits per heavy atom. The van der Waals surface area contributed by atoms with E-state index in [9.17, 15) is 35.7 Å². The third kappa shape index (κ3) is 22.5. The lowest BCUT2D eigenvalue weighted by molar-refractivity contribution is 0.261. The maximum absolute atomic E-state index is 9.80. The molecule has 0 aliphatic rings. The molecular formula is C95H93Cl2NO8. The maximum atomic E-state index is 9.80. The summed E-state index contributed by atoms with van der Waals surface area (Å²) in [5.41, 5.74) is 22.2. The minimum Gasteiger partial charge on any atom is -0.508 e. The van der Waals surface area contributed by atoms with E-state index in [1.165, 1.54) is 33.4 Å². The van der Waals surface area contributed by atoms with Gasteiger partial charge in [-0.15, -0.1) is 23.2 Å². The first-order valence-corrected chi connectivity index (χ1v) is 36.7. The second kappa shape index (κ2) is 40.0. The summed E-state index contributed by atoms with van der Waals surface area (Å²) < 4.78 is 5.87. The topological polar surface area (TPSA) is 154 Å². The smallest absolute Gasteiger partial charge is 0.119 e. The maximum Gasteiger partial charge on any atom is 0.119 e. The van der Waals surface area contributed by atoms with Gasteiger partial charge < -0.3 is 45.4 Å². The van der Waals surface area contributed by atoms with Gasteiger partial charge in [0.05, 0.1) is 0 Å². The molecule has 106 heavy (non-hydrogen) atoms. The van der Waals surface area contributed by atoms with E-state index in [-0.39, 0.29) is 40.2 Å². The first-order valence-electron chi connectivity index (χ1n) is 35.6. The molecule has 12 aromatic carbocycles. The van der Waals surface area contributed by atoms with Gasteiger partial charge in [0, 0.05) is 18.3 Å². The second-order valence-corrected chi connectivity index (χ2v) is 27.0. The summed E-state index contributed by atoms with van der Waals surface area (Å²) >= 11 is 12.1. The fourth-order valence-corrected chi connectivity index (χ4v) is 13.0. The van der Waals surface area contributed by atoms with Crippen molar-refractivity contribution in [3.8, 4) is 46.0 Å². The first-order chi connectivity index (χ1) is 51.4. The zero-order valence-electron chi connectivity index (χ0n) is 60.9. The Morgan fingerprint density at radius 2 is 0.519 bits per heavy atom. The van der Waals surface area contributed by atoms with Gasteiger partial charge in [0.25, 0.3) is 0 Å². The number of likely N-dealkylation sites (N-methyl/N-ethyl adjacent to an activating group) is 1. The van der Waals surface area contributed by atoms with Crippen molar-refractivity contribution in [3.63, 3.8) is 0 Å². The minimum atomic E-state index is 0.229. The molecule has 0 aromatic heterocycles. The number of ether oxygens (including phenoxy) is 1. The molecule has 11 heteroatoms. The molecule has 0 fully saturated rings. The number of benzene rings is 12. The van der Waals surface area contributed by atoms with E-state index in [1.807, 2.05) is 172 Å². The molecule has 0 unspecified atom stereocenters. The number of hydrogen-bond acceptors (Lipinski definition) is 9. The van der Waals surface area contributed by atoms with Crippen LogP contribution in [0.15, 0.2) is 315 Å². The molecule has 0 spiro atoms. The van der Waals surface area contributed by atoms with Crippen molar-refractivity contribution < 1.29 is 40.5 Å². The van der Waals surface area contributed by atoms with E-state index >= 15 is 0 Å². The molecule has 0 saturated heterocycles. The van der Waals surface area contributed by atoms with Crippen molar-refractivity contribution in [3.05, 3.63) is 382 Å². The summed E-state index contributed by atoms with van der Waals surface area (Å²) in [7, 11) is 4.08. The normalized spacial score (nSPS) is 11.0. The Morgan fingerprint density at radius 3 is 0.755 bits per heavy atom. The summed E-state index contributed by atoms with van der Waals surface area (Å²) in [6.45, 7) is 10.4. The average molecular weight is 1450 g/mol. The number of phenolic OH excluding ortho intramolecular Hbond substituents is 7. The van der Waals surface area contributed by atoms with Crippen LogP contribution >= 0.6 is 23.2 Å². The third-order valence-corrected chi connectivity index (χ3v) is 18.1. The van der Waals surface area contributed by atoms with Crippen LogP contribution in [0.2, 0.25) is 0 Å². The quantitative estimate of drug-likeness (QED) is 0.0245. The van der Waals surface area contributed by atoms with Crippen LogP contribution in [0.4, 0.5) is 0 Å². The molecule has 12 rings (SSSR count). The van der Waals surface area contributed by atoms with Crippen LogP contribution in [0.5, 0.6) is 46.0 Å². The van der Waals surface area contributed by atoms with Crippen LogP contribution in [-0.4, -0.2) is 79.7 Å². The third-order valence-electron chi connectivity index (χ3n) is 17.7. The van der Waals surface area contributed by atoms with Gasteiger partial charge in [0.1, 0.15) is 52.6 Å². The zero-order valence-corrected chi connectivity index (χ0v) is 62.4. The molecule has 0 heterocycles. The van der Waals surface area contributed by atoms with Gasteiger partial charge >= 0.3 is 0 Å². The predicted molar refractivity (Wildman–Crippen MR) is 442 cm³/mol.